The molecule has 2 heterocycles. The van der Waals surface area contributed by atoms with Crippen LogP contribution in [0.15, 0.2) is 18.2 Å². The molecule has 10 heteroatoms. The number of cyclic esters (lactones) is 1. The number of carbonyl (C=O) groups is 2. The summed E-state index contributed by atoms with van der Waals surface area (Å²) in [6.45, 7) is 4.06. The van der Waals surface area contributed by atoms with Gasteiger partial charge >= 0.3 is 6.09 Å². The number of nitrogens with zero attached hydrogens (tertiary/aromatic N) is 3. The summed E-state index contributed by atoms with van der Waals surface area (Å²) in [4.78, 5) is 29.4. The second-order valence-electron chi connectivity index (χ2n) is 7.33. The number of anilines is 2. The molecule has 0 unspecified atom stereocenters. The highest BCUT2D eigenvalue weighted by Crippen LogP contribution is 2.28. The summed E-state index contributed by atoms with van der Waals surface area (Å²) in [6.07, 6.45) is 0.869. The van der Waals surface area contributed by atoms with Gasteiger partial charge in [-0.15, -0.1) is 0 Å². The first kappa shape index (κ1) is 22.2. The van der Waals surface area contributed by atoms with Gasteiger partial charge in [0.2, 0.25) is 5.91 Å². The zero-order chi connectivity index (χ0) is 21.7. The van der Waals surface area contributed by atoms with E-state index in [4.69, 9.17) is 22.1 Å². The molecule has 1 aromatic rings. The van der Waals surface area contributed by atoms with E-state index in [1.54, 1.807) is 17.0 Å². The number of ether oxygens (including phenoxy) is 1. The number of aliphatic hydroxyl groups excluding tert-OH is 1. The Labute approximate surface area is 180 Å². The summed E-state index contributed by atoms with van der Waals surface area (Å²) < 4.78 is 20.2. The van der Waals surface area contributed by atoms with Crippen LogP contribution in [-0.4, -0.2) is 79.0 Å². The third-order valence-corrected chi connectivity index (χ3v) is 5.58. The van der Waals surface area contributed by atoms with Crippen molar-refractivity contribution in [2.24, 2.45) is 0 Å². The van der Waals surface area contributed by atoms with Gasteiger partial charge in [0.25, 0.3) is 0 Å². The van der Waals surface area contributed by atoms with Crippen LogP contribution in [0.2, 0.25) is 0 Å². The van der Waals surface area contributed by atoms with Crippen LogP contribution in [0.5, 0.6) is 0 Å². The minimum absolute atomic E-state index is 0.321. The van der Waals surface area contributed by atoms with Crippen LogP contribution >= 0.6 is 12.2 Å². The van der Waals surface area contributed by atoms with E-state index >= 15 is 0 Å². The van der Waals surface area contributed by atoms with E-state index in [1.165, 1.54) is 11.0 Å². The lowest BCUT2D eigenvalue weighted by molar-refractivity contribution is -0.134. The highest BCUT2D eigenvalue weighted by Gasteiger charge is 2.33. The Morgan fingerprint density at radius 2 is 2.07 bits per heavy atom. The van der Waals surface area contributed by atoms with Crippen LogP contribution < -0.4 is 15.1 Å². The number of carbonyl (C=O) groups excluding carboxylic acids is 2. The smallest absolute Gasteiger partial charge is 0.414 e. The minimum atomic E-state index is -0.518. The standard InChI is InChI=1S/C20H27FN4O4S/c1-2-3-18(30)22-11-15-12-25(20(28)29-15)14-4-5-17(16(21)10-14)23-6-8-24(9-7-23)19(27)13-26/h4-5,10,15,26H,2-3,6-9,11-13H2,1H3,(H,22,30)/t15-/m0/s1. The van der Waals surface area contributed by atoms with Gasteiger partial charge in [-0.25, -0.2) is 9.18 Å². The van der Waals surface area contributed by atoms with Crippen molar-refractivity contribution < 1.29 is 23.8 Å². The number of piperazine rings is 1. The highest BCUT2D eigenvalue weighted by atomic mass is 32.1. The van der Waals surface area contributed by atoms with Crippen LogP contribution in [0, 0.1) is 5.82 Å². The van der Waals surface area contributed by atoms with E-state index in [0.717, 1.165) is 17.8 Å². The molecule has 1 atom stereocenters. The van der Waals surface area contributed by atoms with E-state index in [2.05, 4.69) is 5.32 Å². The molecule has 30 heavy (non-hydrogen) atoms. The Morgan fingerprint density at radius 3 is 2.70 bits per heavy atom. The second kappa shape index (κ2) is 10.0. The average molecular weight is 439 g/mol. The van der Waals surface area contributed by atoms with Gasteiger partial charge in [-0.3, -0.25) is 9.69 Å². The van der Waals surface area contributed by atoms with Gasteiger partial charge in [-0.1, -0.05) is 19.1 Å². The normalized spacial score (nSPS) is 19.1. The molecule has 0 aliphatic carbocycles. The van der Waals surface area contributed by atoms with E-state index in [-0.39, 0.29) is 12.0 Å². The predicted molar refractivity (Wildman–Crippen MR) is 115 cm³/mol. The molecule has 0 radical (unpaired) electrons. The summed E-state index contributed by atoms with van der Waals surface area (Å²) >= 11 is 5.21. The first-order chi connectivity index (χ1) is 14.4. The molecule has 2 saturated heterocycles. The first-order valence-corrected chi connectivity index (χ1v) is 10.5. The molecule has 0 saturated carbocycles. The zero-order valence-electron chi connectivity index (χ0n) is 17.0. The number of halogens is 1. The SMILES string of the molecule is CCCC(=S)NC[C@H]1CN(c2ccc(N3CCN(C(=O)CO)CC3)c(F)c2)C(=O)O1. The number of aliphatic hydroxyl groups is 1. The molecule has 8 nitrogen and oxygen atoms in total. The van der Waals surface area contributed by atoms with Crippen LogP contribution in [0.25, 0.3) is 0 Å². The van der Waals surface area contributed by atoms with Crippen LogP contribution in [0.4, 0.5) is 20.6 Å². The lowest BCUT2D eigenvalue weighted by Crippen LogP contribution is -2.49. The van der Waals surface area contributed by atoms with Crippen molar-refractivity contribution in [3.8, 4) is 0 Å². The summed E-state index contributed by atoms with van der Waals surface area (Å²) in [5, 5.41) is 12.1. The van der Waals surface area contributed by atoms with E-state index in [0.29, 0.717) is 50.6 Å². The maximum Gasteiger partial charge on any atom is 0.414 e. The highest BCUT2D eigenvalue weighted by molar-refractivity contribution is 7.80. The molecule has 2 aliphatic heterocycles. The van der Waals surface area contributed by atoms with Crippen molar-refractivity contribution in [3.05, 3.63) is 24.0 Å². The molecule has 164 valence electrons. The van der Waals surface area contributed by atoms with E-state index in [9.17, 15) is 14.0 Å². The average Bonchev–Trinajstić information content (AvgIpc) is 3.12. The molecule has 0 spiro atoms. The lowest BCUT2D eigenvalue weighted by atomic mass is 10.2. The van der Waals surface area contributed by atoms with Crippen molar-refractivity contribution in [1.29, 1.82) is 0 Å². The van der Waals surface area contributed by atoms with Crippen LogP contribution in [0.1, 0.15) is 19.8 Å². The van der Waals surface area contributed by atoms with Crippen molar-refractivity contribution in [2.75, 3.05) is 55.7 Å². The first-order valence-electron chi connectivity index (χ1n) is 10.1. The maximum absolute atomic E-state index is 14.8. The molecule has 0 bridgehead atoms. The Morgan fingerprint density at radius 1 is 1.33 bits per heavy atom. The van der Waals surface area contributed by atoms with E-state index in [1.807, 2.05) is 11.8 Å². The molecule has 2 aliphatic rings. The monoisotopic (exact) mass is 438 g/mol. The minimum Gasteiger partial charge on any atom is -0.442 e. The van der Waals surface area contributed by atoms with Gasteiger partial charge < -0.3 is 25.0 Å². The third-order valence-electron chi connectivity index (χ3n) is 5.23. The summed E-state index contributed by atoms with van der Waals surface area (Å²) in [5.41, 5.74) is 0.861. The van der Waals surface area contributed by atoms with Gasteiger partial charge in [0.15, 0.2) is 0 Å². The summed E-state index contributed by atoms with van der Waals surface area (Å²) in [7, 11) is 0. The summed E-state index contributed by atoms with van der Waals surface area (Å²) in [6, 6.07) is 4.67. The van der Waals surface area contributed by atoms with Gasteiger partial charge in [-0.05, 0) is 31.0 Å². The Hall–Kier alpha value is -2.46. The number of hydrogen-bond donors (Lipinski definition) is 2. The second-order valence-corrected chi connectivity index (χ2v) is 7.82. The van der Waals surface area contributed by atoms with Gasteiger partial charge in [0.1, 0.15) is 18.5 Å². The third kappa shape index (κ3) is 5.17. The molecular weight excluding hydrogens is 411 g/mol. The molecule has 2 fully saturated rings. The maximum atomic E-state index is 14.8. The molecule has 2 N–H and O–H groups in total. The largest absolute Gasteiger partial charge is 0.442 e. The Balaban J connectivity index is 1.59. The molecule has 1 aromatic carbocycles. The molecule has 3 rings (SSSR count). The van der Waals surface area contributed by atoms with Gasteiger partial charge in [-0.2, -0.15) is 0 Å². The number of thiocarbonyl (C=S) groups is 1. The number of rotatable bonds is 7. The van der Waals surface area contributed by atoms with Crippen LogP contribution in [0.3, 0.4) is 0 Å². The predicted octanol–water partition coefficient (Wildman–Crippen LogP) is 1.51. The quantitative estimate of drug-likeness (QED) is 0.624. The fourth-order valence-corrected chi connectivity index (χ4v) is 3.89. The fraction of sp³-hybridized carbons (Fsp3) is 0.550. The zero-order valence-corrected chi connectivity index (χ0v) is 17.8. The Kier molecular flexibility index (Phi) is 7.43. The molecular formula is C20H27FN4O4S. The van der Waals surface area contributed by atoms with Gasteiger partial charge in [0, 0.05) is 26.2 Å². The Bertz CT molecular complexity index is 801. The molecule has 2 amide bonds. The van der Waals surface area contributed by atoms with Crippen molar-refractivity contribution in [3.63, 3.8) is 0 Å². The van der Waals surface area contributed by atoms with Crippen molar-refractivity contribution in [2.45, 2.75) is 25.9 Å². The lowest BCUT2D eigenvalue weighted by Gasteiger charge is -2.36. The topological polar surface area (TPSA) is 85.4 Å². The van der Waals surface area contributed by atoms with E-state index < -0.39 is 18.5 Å². The number of nitrogens with one attached hydrogen (secondary N) is 1. The van der Waals surface area contributed by atoms with Crippen molar-refractivity contribution in [1.82, 2.24) is 10.2 Å². The number of hydrogen-bond acceptors (Lipinski definition) is 6. The summed E-state index contributed by atoms with van der Waals surface area (Å²) in [5.74, 6) is -0.759. The van der Waals surface area contributed by atoms with Crippen LogP contribution in [-0.2, 0) is 9.53 Å². The number of benzene rings is 1. The molecule has 0 aromatic heterocycles. The van der Waals surface area contributed by atoms with Crippen molar-refractivity contribution >= 4 is 40.6 Å². The fourth-order valence-electron chi connectivity index (χ4n) is 3.60. The number of amides is 2. The van der Waals surface area contributed by atoms with Gasteiger partial charge in [0.05, 0.1) is 29.5 Å².